The Labute approximate surface area is 120 Å². The molecule has 0 aliphatic carbocycles. The van der Waals surface area contributed by atoms with E-state index in [2.05, 4.69) is 21.2 Å². The smallest absolute Gasteiger partial charge is 0.245 e. The van der Waals surface area contributed by atoms with Gasteiger partial charge in [-0.2, -0.15) is 0 Å². The van der Waals surface area contributed by atoms with Crippen LogP contribution in [-0.4, -0.2) is 12.5 Å². The molecule has 0 saturated carbocycles. The van der Waals surface area contributed by atoms with Gasteiger partial charge in [-0.15, -0.1) is 0 Å². The molecule has 0 spiro atoms. The van der Waals surface area contributed by atoms with E-state index in [-0.39, 0.29) is 5.91 Å². The molecular weight excluding hydrogens is 304 g/mol. The van der Waals surface area contributed by atoms with Crippen LogP contribution in [0.15, 0.2) is 53.0 Å². The number of para-hydroxylation sites is 2. The van der Waals surface area contributed by atoms with Crippen molar-refractivity contribution in [3.8, 4) is 0 Å². The van der Waals surface area contributed by atoms with Crippen LogP contribution in [0.4, 0.5) is 11.4 Å². The highest BCUT2D eigenvalue weighted by atomic mass is 79.9. The molecule has 0 fully saturated rings. The molecule has 0 saturated heterocycles. The minimum Gasteiger partial charge on any atom is -0.304 e. The Morgan fingerprint density at radius 3 is 2.42 bits per heavy atom. The summed E-state index contributed by atoms with van der Waals surface area (Å²) in [4.78, 5) is 14.1. The zero-order valence-electron chi connectivity index (χ0n) is 10.3. The van der Waals surface area contributed by atoms with Crippen molar-refractivity contribution < 1.29 is 4.79 Å². The Kier molecular flexibility index (Phi) is 3.36. The average Bonchev–Trinajstić information content (AvgIpc) is 2.58. The quantitative estimate of drug-likeness (QED) is 0.876. The lowest BCUT2D eigenvalue weighted by atomic mass is 10.1. The number of carbonyl (C=O) groups is 1. The van der Waals surface area contributed by atoms with Crippen LogP contribution >= 0.6 is 15.9 Å². The lowest BCUT2D eigenvalue weighted by Crippen LogP contribution is -2.32. The Bertz CT molecular complexity index is 627. The normalized spacial score (nSPS) is 15.0. The molecule has 1 N–H and O–H groups in total. The first-order valence-corrected chi connectivity index (χ1v) is 6.93. The van der Waals surface area contributed by atoms with Crippen LogP contribution in [0.5, 0.6) is 0 Å². The highest BCUT2D eigenvalue weighted by Gasteiger charge is 2.24. The first-order valence-electron chi connectivity index (χ1n) is 6.13. The van der Waals surface area contributed by atoms with Gasteiger partial charge in [-0.1, -0.05) is 30.3 Å². The number of benzene rings is 2. The molecule has 0 bridgehead atoms. The minimum atomic E-state index is 0.0526. The standard InChI is InChI=1S/C15H13BrN2O/c16-12-6-2-4-8-14(12)18-13-7-3-1-5-11(13)9-17-10-15(18)19/h1-8,17H,9-10H2. The van der Waals surface area contributed by atoms with Crippen molar-refractivity contribution in [1.82, 2.24) is 5.32 Å². The van der Waals surface area contributed by atoms with Crippen molar-refractivity contribution in [2.24, 2.45) is 0 Å². The second-order valence-corrected chi connectivity index (χ2v) is 5.27. The first kappa shape index (κ1) is 12.4. The van der Waals surface area contributed by atoms with Crippen molar-refractivity contribution in [2.45, 2.75) is 6.54 Å². The van der Waals surface area contributed by atoms with Crippen LogP contribution in [-0.2, 0) is 11.3 Å². The van der Waals surface area contributed by atoms with Crippen LogP contribution < -0.4 is 10.2 Å². The van der Waals surface area contributed by atoms with E-state index in [0.29, 0.717) is 13.1 Å². The maximum absolute atomic E-state index is 12.4. The second kappa shape index (κ2) is 5.15. The summed E-state index contributed by atoms with van der Waals surface area (Å²) in [6.07, 6.45) is 0. The SMILES string of the molecule is O=C1CNCc2ccccc2N1c1ccccc1Br. The molecule has 3 nitrogen and oxygen atoms in total. The lowest BCUT2D eigenvalue weighted by Gasteiger charge is -2.23. The molecule has 0 unspecified atom stereocenters. The third-order valence-electron chi connectivity index (χ3n) is 3.17. The Balaban J connectivity index is 2.18. The van der Waals surface area contributed by atoms with E-state index >= 15 is 0 Å². The van der Waals surface area contributed by atoms with Crippen LogP contribution in [0.1, 0.15) is 5.56 Å². The molecule has 4 heteroatoms. The van der Waals surface area contributed by atoms with Gasteiger partial charge in [-0.3, -0.25) is 9.69 Å². The zero-order valence-corrected chi connectivity index (χ0v) is 11.9. The van der Waals surface area contributed by atoms with E-state index in [4.69, 9.17) is 0 Å². The van der Waals surface area contributed by atoms with Gasteiger partial charge in [0.05, 0.1) is 17.9 Å². The van der Waals surface area contributed by atoms with Gasteiger partial charge in [0.1, 0.15) is 0 Å². The molecule has 0 radical (unpaired) electrons. The maximum Gasteiger partial charge on any atom is 0.245 e. The monoisotopic (exact) mass is 316 g/mol. The number of carbonyl (C=O) groups excluding carboxylic acids is 1. The molecule has 19 heavy (non-hydrogen) atoms. The molecule has 1 heterocycles. The van der Waals surface area contributed by atoms with Gasteiger partial charge in [0.25, 0.3) is 0 Å². The van der Waals surface area contributed by atoms with E-state index in [1.165, 1.54) is 0 Å². The highest BCUT2D eigenvalue weighted by Crippen LogP contribution is 2.34. The fourth-order valence-electron chi connectivity index (χ4n) is 2.29. The molecule has 1 aliphatic heterocycles. The Morgan fingerprint density at radius 1 is 0.947 bits per heavy atom. The first-order chi connectivity index (χ1) is 9.27. The van der Waals surface area contributed by atoms with Crippen molar-refractivity contribution in [3.05, 3.63) is 58.6 Å². The third-order valence-corrected chi connectivity index (χ3v) is 3.84. The summed E-state index contributed by atoms with van der Waals surface area (Å²) in [5.41, 5.74) is 2.96. The van der Waals surface area contributed by atoms with E-state index in [9.17, 15) is 4.79 Å². The van der Waals surface area contributed by atoms with Gasteiger partial charge in [0.2, 0.25) is 5.91 Å². The van der Waals surface area contributed by atoms with Gasteiger partial charge in [0, 0.05) is 11.0 Å². The van der Waals surface area contributed by atoms with Crippen molar-refractivity contribution in [2.75, 3.05) is 11.4 Å². The van der Waals surface area contributed by atoms with Crippen LogP contribution in [0.2, 0.25) is 0 Å². The van der Waals surface area contributed by atoms with Crippen molar-refractivity contribution in [1.29, 1.82) is 0 Å². The molecule has 1 aliphatic rings. The number of halogens is 1. The number of nitrogens with zero attached hydrogens (tertiary/aromatic N) is 1. The summed E-state index contributed by atoms with van der Waals surface area (Å²) in [7, 11) is 0. The van der Waals surface area contributed by atoms with Gasteiger partial charge < -0.3 is 5.32 Å². The molecular formula is C15H13BrN2O. The van der Waals surface area contributed by atoms with E-state index in [0.717, 1.165) is 21.4 Å². The fourth-order valence-corrected chi connectivity index (χ4v) is 2.76. The summed E-state index contributed by atoms with van der Waals surface area (Å²) in [6.45, 7) is 1.05. The maximum atomic E-state index is 12.4. The Hall–Kier alpha value is -1.65. The van der Waals surface area contributed by atoms with Gasteiger partial charge in [0.15, 0.2) is 0 Å². The zero-order chi connectivity index (χ0) is 13.2. The number of amides is 1. The van der Waals surface area contributed by atoms with Crippen molar-refractivity contribution in [3.63, 3.8) is 0 Å². The number of rotatable bonds is 1. The molecule has 2 aromatic rings. The van der Waals surface area contributed by atoms with Crippen LogP contribution in [0.25, 0.3) is 0 Å². The van der Waals surface area contributed by atoms with Gasteiger partial charge in [-0.25, -0.2) is 0 Å². The fraction of sp³-hybridized carbons (Fsp3) is 0.133. The molecule has 1 amide bonds. The van der Waals surface area contributed by atoms with E-state index in [1.807, 2.05) is 48.5 Å². The average molecular weight is 317 g/mol. The summed E-state index contributed by atoms with van der Waals surface area (Å²) in [6, 6.07) is 15.8. The number of hydrogen-bond acceptors (Lipinski definition) is 2. The molecule has 0 atom stereocenters. The van der Waals surface area contributed by atoms with Crippen LogP contribution in [0.3, 0.4) is 0 Å². The topological polar surface area (TPSA) is 32.3 Å². The summed E-state index contributed by atoms with van der Waals surface area (Å²) >= 11 is 3.52. The van der Waals surface area contributed by atoms with E-state index < -0.39 is 0 Å². The predicted octanol–water partition coefficient (Wildman–Crippen LogP) is 3.22. The van der Waals surface area contributed by atoms with E-state index in [1.54, 1.807) is 4.90 Å². The minimum absolute atomic E-state index is 0.0526. The largest absolute Gasteiger partial charge is 0.304 e. The number of fused-ring (bicyclic) bond motifs is 1. The second-order valence-electron chi connectivity index (χ2n) is 4.41. The van der Waals surface area contributed by atoms with Crippen LogP contribution in [0, 0.1) is 0 Å². The predicted molar refractivity (Wildman–Crippen MR) is 79.4 cm³/mol. The molecule has 0 aromatic heterocycles. The number of anilines is 2. The number of nitrogens with one attached hydrogen (secondary N) is 1. The number of hydrogen-bond donors (Lipinski definition) is 1. The lowest BCUT2D eigenvalue weighted by molar-refractivity contribution is -0.117. The van der Waals surface area contributed by atoms with Gasteiger partial charge >= 0.3 is 0 Å². The van der Waals surface area contributed by atoms with Gasteiger partial charge in [-0.05, 0) is 39.7 Å². The Morgan fingerprint density at radius 2 is 1.63 bits per heavy atom. The molecule has 2 aromatic carbocycles. The molecule has 3 rings (SSSR count). The molecule has 96 valence electrons. The summed E-state index contributed by atoms with van der Waals surface area (Å²) in [5.74, 6) is 0.0526. The third kappa shape index (κ3) is 2.29. The van der Waals surface area contributed by atoms with Crippen molar-refractivity contribution >= 4 is 33.2 Å². The summed E-state index contributed by atoms with van der Waals surface area (Å²) in [5, 5.41) is 3.17. The summed E-state index contributed by atoms with van der Waals surface area (Å²) < 4.78 is 0.917. The highest BCUT2D eigenvalue weighted by molar-refractivity contribution is 9.10.